The van der Waals surface area contributed by atoms with Crippen LogP contribution in [0, 0.1) is 0 Å². The van der Waals surface area contributed by atoms with E-state index < -0.39 is 5.97 Å². The molecule has 146 valence electrons. The van der Waals surface area contributed by atoms with Gasteiger partial charge in [0.1, 0.15) is 11.4 Å². The van der Waals surface area contributed by atoms with E-state index in [0.29, 0.717) is 42.1 Å². The highest BCUT2D eigenvalue weighted by Gasteiger charge is 2.25. The third kappa shape index (κ3) is 3.79. The maximum atomic E-state index is 12.8. The van der Waals surface area contributed by atoms with Crippen molar-refractivity contribution in [3.05, 3.63) is 45.7 Å². The number of nitrogens with zero attached hydrogens (tertiary/aromatic N) is 4. The van der Waals surface area contributed by atoms with Gasteiger partial charge in [-0.1, -0.05) is 16.8 Å². The molecular formula is C17H15ClN4O5S. The number of aromatic nitrogens is 3. The number of hydrogen-bond donors (Lipinski definition) is 1. The van der Waals surface area contributed by atoms with E-state index in [0.717, 1.165) is 4.88 Å². The van der Waals surface area contributed by atoms with Crippen LogP contribution in [0.1, 0.15) is 26.7 Å². The van der Waals surface area contributed by atoms with Gasteiger partial charge in [0.05, 0.1) is 29.0 Å². The van der Waals surface area contributed by atoms with E-state index in [9.17, 15) is 14.7 Å². The van der Waals surface area contributed by atoms with Gasteiger partial charge in [-0.25, -0.2) is 4.79 Å². The molecule has 4 heterocycles. The fraction of sp³-hybridized carbons (Fsp3) is 0.294. The van der Waals surface area contributed by atoms with Crippen molar-refractivity contribution in [3.8, 4) is 10.6 Å². The molecular weight excluding hydrogens is 408 g/mol. The topological polar surface area (TPSA) is 111 Å². The molecule has 0 bridgehead atoms. The Morgan fingerprint density at radius 1 is 1.25 bits per heavy atom. The Kier molecular flexibility index (Phi) is 5.16. The number of carboxylic acid groups (broad SMARTS) is 1. The van der Waals surface area contributed by atoms with Crippen LogP contribution in [0.2, 0.25) is 4.34 Å². The number of rotatable bonds is 5. The highest BCUT2D eigenvalue weighted by atomic mass is 35.5. The smallest absolute Gasteiger partial charge is 0.356 e. The first-order valence-corrected chi connectivity index (χ1v) is 9.60. The van der Waals surface area contributed by atoms with Gasteiger partial charge >= 0.3 is 5.97 Å². The van der Waals surface area contributed by atoms with Crippen molar-refractivity contribution in [3.63, 3.8) is 0 Å². The number of aromatic carboxylic acids is 1. The van der Waals surface area contributed by atoms with Gasteiger partial charge in [-0.3, -0.25) is 9.48 Å². The summed E-state index contributed by atoms with van der Waals surface area (Å²) in [6.07, 6.45) is 0. The molecule has 0 atom stereocenters. The quantitative estimate of drug-likeness (QED) is 0.672. The molecule has 9 nitrogen and oxygen atoms in total. The summed E-state index contributed by atoms with van der Waals surface area (Å²) in [6.45, 7) is 1.88. The standard InChI is InChI=1S/C17H15ClN4O5S/c18-15-2-1-14(28-15)13-7-10(20-27-13)9-22-12(8-11(19-22)17(24)25)16(23)21-3-5-26-6-4-21/h1-2,7-8H,3-6,9H2,(H,24,25). The van der Waals surface area contributed by atoms with Crippen molar-refractivity contribution >= 4 is 34.8 Å². The Morgan fingerprint density at radius 3 is 2.71 bits per heavy atom. The van der Waals surface area contributed by atoms with E-state index in [1.165, 1.54) is 22.1 Å². The van der Waals surface area contributed by atoms with Gasteiger partial charge in [-0.2, -0.15) is 5.10 Å². The summed E-state index contributed by atoms with van der Waals surface area (Å²) in [5.74, 6) is -0.959. The molecule has 11 heteroatoms. The summed E-state index contributed by atoms with van der Waals surface area (Å²) in [5, 5.41) is 17.3. The van der Waals surface area contributed by atoms with Crippen molar-refractivity contribution < 1.29 is 24.0 Å². The zero-order valence-corrected chi connectivity index (χ0v) is 16.1. The second-order valence-corrected chi connectivity index (χ2v) is 7.78. The van der Waals surface area contributed by atoms with Crippen LogP contribution in [0.15, 0.2) is 28.8 Å². The van der Waals surface area contributed by atoms with Crippen LogP contribution in [-0.4, -0.2) is 63.1 Å². The number of amides is 1. The van der Waals surface area contributed by atoms with Gasteiger partial charge in [-0.05, 0) is 12.1 Å². The van der Waals surface area contributed by atoms with Crippen molar-refractivity contribution in [2.45, 2.75) is 6.54 Å². The van der Waals surface area contributed by atoms with Gasteiger partial charge in [0.15, 0.2) is 11.5 Å². The van der Waals surface area contributed by atoms with Crippen LogP contribution >= 0.6 is 22.9 Å². The van der Waals surface area contributed by atoms with Crippen LogP contribution in [0.4, 0.5) is 0 Å². The Hall–Kier alpha value is -2.69. The summed E-state index contributed by atoms with van der Waals surface area (Å²) in [7, 11) is 0. The lowest BCUT2D eigenvalue weighted by Gasteiger charge is -2.26. The third-order valence-electron chi connectivity index (χ3n) is 4.20. The maximum absolute atomic E-state index is 12.8. The minimum Gasteiger partial charge on any atom is -0.476 e. The predicted molar refractivity (Wildman–Crippen MR) is 99.8 cm³/mol. The maximum Gasteiger partial charge on any atom is 0.356 e. The van der Waals surface area contributed by atoms with Gasteiger partial charge < -0.3 is 19.3 Å². The van der Waals surface area contributed by atoms with Crippen molar-refractivity contribution in [2.75, 3.05) is 26.3 Å². The monoisotopic (exact) mass is 422 g/mol. The number of ether oxygens (including phenoxy) is 1. The van der Waals surface area contributed by atoms with Crippen LogP contribution < -0.4 is 0 Å². The number of carboxylic acids is 1. The number of carbonyl (C=O) groups is 2. The molecule has 0 spiro atoms. The summed E-state index contributed by atoms with van der Waals surface area (Å²) in [4.78, 5) is 26.6. The number of morpholine rings is 1. The fourth-order valence-electron chi connectivity index (χ4n) is 2.85. The molecule has 3 aromatic heterocycles. The van der Waals surface area contributed by atoms with E-state index in [1.54, 1.807) is 17.0 Å². The first-order chi connectivity index (χ1) is 13.5. The second kappa shape index (κ2) is 7.74. The molecule has 1 fully saturated rings. The highest BCUT2D eigenvalue weighted by molar-refractivity contribution is 7.19. The zero-order valence-electron chi connectivity index (χ0n) is 14.5. The summed E-state index contributed by atoms with van der Waals surface area (Å²) in [6, 6.07) is 6.57. The Balaban J connectivity index is 1.61. The molecule has 0 aromatic carbocycles. The molecule has 1 aliphatic rings. The minimum atomic E-state index is -1.20. The van der Waals surface area contributed by atoms with Crippen molar-refractivity contribution in [1.82, 2.24) is 19.8 Å². The molecule has 3 aromatic rings. The molecule has 4 rings (SSSR count). The molecule has 1 saturated heterocycles. The number of carbonyl (C=O) groups excluding carboxylic acids is 1. The average Bonchev–Trinajstić information content (AvgIpc) is 3.42. The van der Waals surface area contributed by atoms with Gasteiger partial charge in [0, 0.05) is 25.2 Å². The van der Waals surface area contributed by atoms with E-state index in [1.807, 2.05) is 6.07 Å². The number of thiophene rings is 1. The average molecular weight is 423 g/mol. The molecule has 1 amide bonds. The molecule has 0 radical (unpaired) electrons. The highest BCUT2D eigenvalue weighted by Crippen LogP contribution is 2.31. The Bertz CT molecular complexity index is 1020. The lowest BCUT2D eigenvalue weighted by molar-refractivity contribution is 0.0295. The second-order valence-electron chi connectivity index (χ2n) is 6.07. The van der Waals surface area contributed by atoms with Crippen molar-refractivity contribution in [1.29, 1.82) is 0 Å². The van der Waals surface area contributed by atoms with Gasteiger partial charge in [0.25, 0.3) is 5.91 Å². The molecule has 28 heavy (non-hydrogen) atoms. The minimum absolute atomic E-state index is 0.0985. The largest absolute Gasteiger partial charge is 0.476 e. The zero-order chi connectivity index (χ0) is 19.7. The molecule has 1 N–H and O–H groups in total. The van der Waals surface area contributed by atoms with Gasteiger partial charge in [0.2, 0.25) is 0 Å². The van der Waals surface area contributed by atoms with Crippen LogP contribution in [0.5, 0.6) is 0 Å². The number of halogens is 1. The molecule has 0 unspecified atom stereocenters. The lowest BCUT2D eigenvalue weighted by Crippen LogP contribution is -2.41. The third-order valence-corrected chi connectivity index (χ3v) is 5.45. The van der Waals surface area contributed by atoms with Crippen LogP contribution in [0.25, 0.3) is 10.6 Å². The van der Waals surface area contributed by atoms with E-state index >= 15 is 0 Å². The van der Waals surface area contributed by atoms with E-state index in [4.69, 9.17) is 20.9 Å². The fourth-order valence-corrected chi connectivity index (χ4v) is 3.84. The number of hydrogen-bond acceptors (Lipinski definition) is 7. The van der Waals surface area contributed by atoms with E-state index in [-0.39, 0.29) is 23.8 Å². The van der Waals surface area contributed by atoms with E-state index in [2.05, 4.69) is 10.3 Å². The molecule has 0 aliphatic carbocycles. The van der Waals surface area contributed by atoms with Crippen molar-refractivity contribution in [2.24, 2.45) is 0 Å². The SMILES string of the molecule is O=C(O)c1cc(C(=O)N2CCOCC2)n(Cc2cc(-c3ccc(Cl)s3)on2)n1. The summed E-state index contributed by atoms with van der Waals surface area (Å²) >= 11 is 7.30. The lowest BCUT2D eigenvalue weighted by atomic mass is 10.3. The Labute approximate surface area is 168 Å². The molecule has 0 saturated carbocycles. The van der Waals surface area contributed by atoms with Crippen LogP contribution in [0.3, 0.4) is 0 Å². The normalized spacial score (nSPS) is 14.4. The molecule has 1 aliphatic heterocycles. The first kappa shape index (κ1) is 18.7. The van der Waals surface area contributed by atoms with Crippen LogP contribution in [-0.2, 0) is 11.3 Å². The summed E-state index contributed by atoms with van der Waals surface area (Å²) in [5.41, 5.74) is 0.490. The first-order valence-electron chi connectivity index (χ1n) is 8.41. The predicted octanol–water partition coefficient (Wildman–Crippen LogP) is 2.47. The van der Waals surface area contributed by atoms with Gasteiger partial charge in [-0.15, -0.1) is 11.3 Å². The summed E-state index contributed by atoms with van der Waals surface area (Å²) < 4.78 is 12.6. The Morgan fingerprint density at radius 2 is 2.04 bits per heavy atom.